The molecule has 0 aromatic heterocycles. The van der Waals surface area contributed by atoms with Gasteiger partial charge in [0.05, 0.1) is 5.69 Å². The van der Waals surface area contributed by atoms with Gasteiger partial charge in [0.2, 0.25) is 5.91 Å². The fourth-order valence-corrected chi connectivity index (χ4v) is 3.83. The topological polar surface area (TPSA) is 49.4 Å². The first-order chi connectivity index (χ1) is 12.2. The molecule has 0 bridgehead atoms. The highest BCUT2D eigenvalue weighted by Crippen LogP contribution is 2.36. The Labute approximate surface area is 147 Å². The molecule has 1 N–H and O–H groups in total. The highest BCUT2D eigenvalue weighted by atomic mass is 16.2. The summed E-state index contributed by atoms with van der Waals surface area (Å²) in [6.45, 7) is 0.718. The number of nitrogens with one attached hydrogen (secondary N) is 1. The molecule has 0 saturated heterocycles. The Balaban J connectivity index is 1.41. The quantitative estimate of drug-likeness (QED) is 0.845. The predicted octanol–water partition coefficient (Wildman–Crippen LogP) is 3.81. The average Bonchev–Trinajstić information content (AvgIpc) is 2.91. The number of rotatable bonds is 5. The summed E-state index contributed by atoms with van der Waals surface area (Å²) in [5.74, 6) is -0.188. The molecule has 0 fully saturated rings. The van der Waals surface area contributed by atoms with Crippen LogP contribution >= 0.6 is 0 Å². The first kappa shape index (κ1) is 15.9. The van der Waals surface area contributed by atoms with Crippen LogP contribution in [0.3, 0.4) is 0 Å². The van der Waals surface area contributed by atoms with Crippen LogP contribution in [0.25, 0.3) is 10.8 Å². The van der Waals surface area contributed by atoms with E-state index in [-0.39, 0.29) is 18.4 Å². The second-order valence-electron chi connectivity index (χ2n) is 6.78. The van der Waals surface area contributed by atoms with Crippen molar-refractivity contribution in [3.8, 4) is 0 Å². The first-order valence-corrected chi connectivity index (χ1v) is 9.02. The molecule has 0 saturated carbocycles. The molecule has 128 valence electrons. The average molecular weight is 334 g/mol. The van der Waals surface area contributed by atoms with Gasteiger partial charge in [0.1, 0.15) is 6.54 Å². The molecule has 1 aliphatic heterocycles. The highest BCUT2D eigenvalue weighted by Gasteiger charge is 2.30. The van der Waals surface area contributed by atoms with Crippen molar-refractivity contribution in [2.24, 2.45) is 0 Å². The minimum atomic E-state index is -0.102. The number of carbonyl (C=O) groups is 2. The van der Waals surface area contributed by atoms with E-state index in [1.54, 1.807) is 4.90 Å². The van der Waals surface area contributed by atoms with E-state index in [0.717, 1.165) is 35.7 Å². The zero-order valence-corrected chi connectivity index (χ0v) is 14.3. The van der Waals surface area contributed by atoms with Gasteiger partial charge < -0.3 is 5.32 Å². The maximum absolute atomic E-state index is 12.7. The van der Waals surface area contributed by atoms with E-state index >= 15 is 0 Å². The summed E-state index contributed by atoms with van der Waals surface area (Å²) in [7, 11) is 0. The van der Waals surface area contributed by atoms with Gasteiger partial charge in [0, 0.05) is 17.5 Å². The molecule has 4 nitrogen and oxygen atoms in total. The van der Waals surface area contributed by atoms with Crippen LogP contribution in [0.4, 0.5) is 5.69 Å². The molecule has 4 rings (SSSR count). The maximum Gasteiger partial charge on any atom is 0.259 e. The predicted molar refractivity (Wildman–Crippen MR) is 99.8 cm³/mol. The smallest absolute Gasteiger partial charge is 0.259 e. The number of anilines is 1. The van der Waals surface area contributed by atoms with Gasteiger partial charge in [-0.3, -0.25) is 14.5 Å². The standard InChI is InChI=1S/C21H22N2O2/c24-19(22-13-12-15-6-2-1-3-7-15)14-23-18-11-5-9-16-8-4-10-17(20(16)18)21(23)25/h4-6,8-11H,1-3,7,12-14H2,(H,22,24). The van der Waals surface area contributed by atoms with Crippen molar-refractivity contribution in [3.05, 3.63) is 53.6 Å². The zero-order valence-electron chi connectivity index (χ0n) is 14.3. The summed E-state index contributed by atoms with van der Waals surface area (Å²) in [6.07, 6.45) is 8.06. The molecular formula is C21H22N2O2. The molecule has 0 radical (unpaired) electrons. The van der Waals surface area contributed by atoms with Gasteiger partial charge in [-0.05, 0) is 49.6 Å². The second-order valence-corrected chi connectivity index (χ2v) is 6.78. The highest BCUT2D eigenvalue weighted by molar-refractivity contribution is 6.26. The van der Waals surface area contributed by atoms with E-state index < -0.39 is 0 Å². The fourth-order valence-electron chi connectivity index (χ4n) is 3.83. The Morgan fingerprint density at radius 2 is 1.96 bits per heavy atom. The Morgan fingerprint density at radius 1 is 1.12 bits per heavy atom. The third kappa shape index (κ3) is 3.04. The third-order valence-corrected chi connectivity index (χ3v) is 5.10. The van der Waals surface area contributed by atoms with Crippen LogP contribution in [-0.4, -0.2) is 24.9 Å². The van der Waals surface area contributed by atoms with Crippen LogP contribution in [-0.2, 0) is 4.79 Å². The molecule has 2 aromatic carbocycles. The van der Waals surface area contributed by atoms with Gasteiger partial charge in [-0.15, -0.1) is 0 Å². The first-order valence-electron chi connectivity index (χ1n) is 9.02. The molecular weight excluding hydrogens is 312 g/mol. The molecule has 0 atom stereocenters. The summed E-state index contributed by atoms with van der Waals surface area (Å²) < 4.78 is 0. The van der Waals surface area contributed by atoms with E-state index in [1.165, 1.54) is 18.4 Å². The Hall–Kier alpha value is -2.62. The van der Waals surface area contributed by atoms with E-state index in [9.17, 15) is 9.59 Å². The third-order valence-electron chi connectivity index (χ3n) is 5.10. The van der Waals surface area contributed by atoms with Crippen LogP contribution in [0.5, 0.6) is 0 Å². The van der Waals surface area contributed by atoms with Crippen LogP contribution in [0.15, 0.2) is 48.0 Å². The van der Waals surface area contributed by atoms with Crippen molar-refractivity contribution in [1.82, 2.24) is 5.32 Å². The number of allylic oxidation sites excluding steroid dienone is 1. The molecule has 1 heterocycles. The molecule has 0 spiro atoms. The van der Waals surface area contributed by atoms with E-state index in [0.29, 0.717) is 12.1 Å². The van der Waals surface area contributed by atoms with Crippen LogP contribution in [0, 0.1) is 0 Å². The molecule has 0 unspecified atom stereocenters. The van der Waals surface area contributed by atoms with Crippen molar-refractivity contribution < 1.29 is 9.59 Å². The number of benzene rings is 2. The van der Waals surface area contributed by atoms with Gasteiger partial charge in [-0.1, -0.05) is 35.9 Å². The molecule has 25 heavy (non-hydrogen) atoms. The lowest BCUT2D eigenvalue weighted by molar-refractivity contribution is -0.119. The molecule has 1 aliphatic carbocycles. The van der Waals surface area contributed by atoms with E-state index in [1.807, 2.05) is 36.4 Å². The zero-order chi connectivity index (χ0) is 17.2. The van der Waals surface area contributed by atoms with Gasteiger partial charge in [0.25, 0.3) is 5.91 Å². The SMILES string of the molecule is O=C(CN1C(=O)c2cccc3cccc1c23)NCCC1=CCCCC1. The van der Waals surface area contributed by atoms with E-state index in [2.05, 4.69) is 11.4 Å². The van der Waals surface area contributed by atoms with Gasteiger partial charge in [-0.25, -0.2) is 0 Å². The summed E-state index contributed by atoms with van der Waals surface area (Å²) in [5, 5.41) is 4.95. The Bertz CT molecular complexity index is 864. The number of hydrogen-bond donors (Lipinski definition) is 1. The number of carbonyl (C=O) groups excluding carboxylic acids is 2. The maximum atomic E-state index is 12.7. The number of nitrogens with zero attached hydrogens (tertiary/aromatic N) is 1. The summed E-state index contributed by atoms with van der Waals surface area (Å²) in [6, 6.07) is 11.6. The minimum Gasteiger partial charge on any atom is -0.354 e. The van der Waals surface area contributed by atoms with Crippen molar-refractivity contribution >= 4 is 28.3 Å². The molecule has 2 aliphatic rings. The number of hydrogen-bond acceptors (Lipinski definition) is 2. The van der Waals surface area contributed by atoms with Crippen molar-refractivity contribution in [2.45, 2.75) is 32.1 Å². The van der Waals surface area contributed by atoms with Crippen LogP contribution < -0.4 is 10.2 Å². The lowest BCUT2D eigenvalue weighted by Crippen LogP contribution is -2.39. The molecule has 2 amide bonds. The largest absolute Gasteiger partial charge is 0.354 e. The fraction of sp³-hybridized carbons (Fsp3) is 0.333. The Morgan fingerprint density at radius 3 is 2.76 bits per heavy atom. The van der Waals surface area contributed by atoms with Crippen LogP contribution in [0.1, 0.15) is 42.5 Å². The Kier molecular flexibility index (Phi) is 4.26. The van der Waals surface area contributed by atoms with Crippen molar-refractivity contribution in [2.75, 3.05) is 18.0 Å². The van der Waals surface area contributed by atoms with Gasteiger partial charge in [0.15, 0.2) is 0 Å². The normalized spacial score (nSPS) is 16.2. The van der Waals surface area contributed by atoms with Crippen molar-refractivity contribution in [3.63, 3.8) is 0 Å². The lowest BCUT2D eigenvalue weighted by Gasteiger charge is -2.18. The summed E-state index contributed by atoms with van der Waals surface area (Å²) in [4.78, 5) is 26.6. The minimum absolute atomic E-state index is 0.0751. The molecule has 2 aromatic rings. The van der Waals surface area contributed by atoms with E-state index in [4.69, 9.17) is 0 Å². The molecule has 4 heteroatoms. The van der Waals surface area contributed by atoms with Gasteiger partial charge in [-0.2, -0.15) is 0 Å². The summed E-state index contributed by atoms with van der Waals surface area (Å²) in [5.41, 5.74) is 2.97. The summed E-state index contributed by atoms with van der Waals surface area (Å²) >= 11 is 0. The number of amides is 2. The van der Waals surface area contributed by atoms with Crippen LogP contribution in [0.2, 0.25) is 0 Å². The van der Waals surface area contributed by atoms with Crippen molar-refractivity contribution in [1.29, 1.82) is 0 Å². The lowest BCUT2D eigenvalue weighted by atomic mass is 9.97. The second kappa shape index (κ2) is 6.71. The van der Waals surface area contributed by atoms with Gasteiger partial charge >= 0.3 is 0 Å². The monoisotopic (exact) mass is 334 g/mol.